The van der Waals surface area contributed by atoms with Gasteiger partial charge in [-0.3, -0.25) is 9.59 Å². The maximum Gasteiger partial charge on any atom is 0.263 e. The molecule has 0 bridgehead atoms. The lowest BCUT2D eigenvalue weighted by Gasteiger charge is -2.34. The van der Waals surface area contributed by atoms with Crippen LogP contribution < -0.4 is 0 Å². The van der Waals surface area contributed by atoms with E-state index in [1.807, 2.05) is 4.90 Å². The Morgan fingerprint density at radius 2 is 1.73 bits per heavy atom. The first-order valence-electron chi connectivity index (χ1n) is 10.3. The van der Waals surface area contributed by atoms with E-state index in [9.17, 15) is 9.59 Å². The highest BCUT2D eigenvalue weighted by Gasteiger charge is 2.32. The number of thiophene rings is 1. The molecule has 5 heteroatoms. The molecule has 1 atom stereocenters. The molecule has 2 saturated heterocycles. The zero-order valence-corrected chi connectivity index (χ0v) is 16.7. The van der Waals surface area contributed by atoms with Crippen molar-refractivity contribution in [1.29, 1.82) is 0 Å². The third-order valence-electron chi connectivity index (χ3n) is 6.38. The van der Waals surface area contributed by atoms with E-state index in [-0.39, 0.29) is 11.8 Å². The lowest BCUT2D eigenvalue weighted by atomic mass is 9.86. The van der Waals surface area contributed by atoms with Crippen molar-refractivity contribution in [3.63, 3.8) is 0 Å². The fourth-order valence-corrected chi connectivity index (χ4v) is 5.76. The first-order valence-corrected chi connectivity index (χ1v) is 11.1. The number of nitrogens with zero attached hydrogens (tertiary/aromatic N) is 2. The summed E-state index contributed by atoms with van der Waals surface area (Å²) in [6.45, 7) is 5.92. The maximum atomic E-state index is 12.9. The van der Waals surface area contributed by atoms with E-state index >= 15 is 0 Å². The first kappa shape index (κ1) is 18.0. The second kappa shape index (κ2) is 7.71. The number of fused-ring (bicyclic) bond motifs is 1. The number of likely N-dealkylation sites (tertiary alicyclic amines) is 2. The molecule has 3 aliphatic rings. The number of piperidine rings is 2. The van der Waals surface area contributed by atoms with Crippen LogP contribution in [0.25, 0.3) is 0 Å². The summed E-state index contributed by atoms with van der Waals surface area (Å²) in [5.74, 6) is 1.41. The molecule has 4 rings (SSSR count). The van der Waals surface area contributed by atoms with Crippen LogP contribution in [0.15, 0.2) is 6.07 Å². The lowest BCUT2D eigenvalue weighted by molar-refractivity contribution is -0.137. The molecule has 0 aromatic carbocycles. The van der Waals surface area contributed by atoms with E-state index in [4.69, 9.17) is 0 Å². The molecule has 1 aliphatic carbocycles. The summed E-state index contributed by atoms with van der Waals surface area (Å²) in [5.41, 5.74) is 1.25. The summed E-state index contributed by atoms with van der Waals surface area (Å²) in [6.07, 6.45) is 8.48. The number of carbonyl (C=O) groups is 2. The summed E-state index contributed by atoms with van der Waals surface area (Å²) < 4.78 is 0. The van der Waals surface area contributed by atoms with E-state index in [0.717, 1.165) is 81.9 Å². The summed E-state index contributed by atoms with van der Waals surface area (Å²) in [7, 11) is 0. The first-order chi connectivity index (χ1) is 12.6. The van der Waals surface area contributed by atoms with Crippen LogP contribution in [0.1, 0.15) is 65.6 Å². The van der Waals surface area contributed by atoms with Crippen LogP contribution in [-0.2, 0) is 17.6 Å². The molecule has 0 unspecified atom stereocenters. The van der Waals surface area contributed by atoms with Crippen molar-refractivity contribution in [3.05, 3.63) is 21.4 Å². The average molecular weight is 375 g/mol. The quantitative estimate of drug-likeness (QED) is 0.791. The Labute approximate surface area is 160 Å². The Kier molecular flexibility index (Phi) is 5.35. The van der Waals surface area contributed by atoms with Crippen LogP contribution in [-0.4, -0.2) is 47.8 Å². The van der Waals surface area contributed by atoms with E-state index < -0.39 is 0 Å². The van der Waals surface area contributed by atoms with Gasteiger partial charge in [-0.05, 0) is 68.9 Å². The zero-order chi connectivity index (χ0) is 18.1. The fraction of sp³-hybridized carbons (Fsp3) is 0.714. The molecule has 0 spiro atoms. The van der Waals surface area contributed by atoms with Gasteiger partial charge in [0.05, 0.1) is 4.88 Å². The number of amides is 2. The van der Waals surface area contributed by atoms with Gasteiger partial charge in [0.1, 0.15) is 0 Å². The molecule has 2 amide bonds. The monoisotopic (exact) mass is 374 g/mol. The van der Waals surface area contributed by atoms with E-state index in [2.05, 4.69) is 17.9 Å². The van der Waals surface area contributed by atoms with Gasteiger partial charge in [0.2, 0.25) is 5.91 Å². The molecular formula is C21H30N2O2S. The summed E-state index contributed by atoms with van der Waals surface area (Å²) >= 11 is 1.67. The number of carbonyl (C=O) groups excluding carboxylic acids is 2. The van der Waals surface area contributed by atoms with Crippen LogP contribution in [0, 0.1) is 11.8 Å². The van der Waals surface area contributed by atoms with Gasteiger partial charge in [-0.1, -0.05) is 6.92 Å². The van der Waals surface area contributed by atoms with Gasteiger partial charge in [0, 0.05) is 37.0 Å². The van der Waals surface area contributed by atoms with Crippen molar-refractivity contribution in [2.24, 2.45) is 11.8 Å². The van der Waals surface area contributed by atoms with Crippen molar-refractivity contribution in [2.75, 3.05) is 26.2 Å². The fourth-order valence-electron chi connectivity index (χ4n) is 4.58. The van der Waals surface area contributed by atoms with Crippen LogP contribution >= 0.6 is 11.3 Å². The molecule has 2 fully saturated rings. The SMILES string of the molecule is CC1CCN(C(=O)[C@@H]2CCc3sc(C(=O)N4CCCCC4)cc3C2)CC1. The Hall–Kier alpha value is -1.36. The molecule has 1 aromatic heterocycles. The van der Waals surface area contributed by atoms with Crippen LogP contribution in [0.3, 0.4) is 0 Å². The smallest absolute Gasteiger partial charge is 0.263 e. The van der Waals surface area contributed by atoms with Gasteiger partial charge in [-0.15, -0.1) is 11.3 Å². The Bertz CT molecular complexity index is 670. The van der Waals surface area contributed by atoms with Gasteiger partial charge in [-0.2, -0.15) is 0 Å². The van der Waals surface area contributed by atoms with Gasteiger partial charge < -0.3 is 9.80 Å². The molecule has 26 heavy (non-hydrogen) atoms. The zero-order valence-electron chi connectivity index (χ0n) is 15.8. The van der Waals surface area contributed by atoms with Crippen molar-refractivity contribution < 1.29 is 9.59 Å². The summed E-state index contributed by atoms with van der Waals surface area (Å²) in [4.78, 5) is 32.0. The van der Waals surface area contributed by atoms with Gasteiger partial charge >= 0.3 is 0 Å². The van der Waals surface area contributed by atoms with Crippen molar-refractivity contribution >= 4 is 23.2 Å². The van der Waals surface area contributed by atoms with Crippen molar-refractivity contribution in [2.45, 2.75) is 58.3 Å². The molecule has 142 valence electrons. The van der Waals surface area contributed by atoms with Crippen LogP contribution in [0.4, 0.5) is 0 Å². The highest BCUT2D eigenvalue weighted by Crippen LogP contribution is 2.34. The molecule has 0 saturated carbocycles. The number of aryl methyl sites for hydroxylation is 1. The van der Waals surface area contributed by atoms with Crippen molar-refractivity contribution in [1.82, 2.24) is 9.80 Å². The lowest BCUT2D eigenvalue weighted by Crippen LogP contribution is -2.42. The predicted octanol–water partition coefficient (Wildman–Crippen LogP) is 3.74. The minimum Gasteiger partial charge on any atom is -0.342 e. The van der Waals surface area contributed by atoms with Crippen LogP contribution in [0.2, 0.25) is 0 Å². The van der Waals surface area contributed by atoms with Gasteiger partial charge in [0.25, 0.3) is 5.91 Å². The van der Waals surface area contributed by atoms with Gasteiger partial charge in [0.15, 0.2) is 0 Å². The number of hydrogen-bond donors (Lipinski definition) is 0. The molecule has 4 nitrogen and oxygen atoms in total. The Balaban J connectivity index is 1.41. The molecular weight excluding hydrogens is 344 g/mol. The molecule has 1 aromatic rings. The highest BCUT2D eigenvalue weighted by molar-refractivity contribution is 7.14. The van der Waals surface area contributed by atoms with Gasteiger partial charge in [-0.25, -0.2) is 0 Å². The molecule has 3 heterocycles. The Morgan fingerprint density at radius 3 is 2.46 bits per heavy atom. The number of rotatable bonds is 2. The second-order valence-corrected chi connectivity index (χ2v) is 9.50. The highest BCUT2D eigenvalue weighted by atomic mass is 32.1. The van der Waals surface area contributed by atoms with E-state index in [0.29, 0.717) is 5.91 Å². The van der Waals surface area contributed by atoms with Crippen molar-refractivity contribution in [3.8, 4) is 0 Å². The molecule has 2 aliphatic heterocycles. The topological polar surface area (TPSA) is 40.6 Å². The average Bonchev–Trinajstić information content (AvgIpc) is 3.11. The van der Waals surface area contributed by atoms with E-state index in [1.165, 1.54) is 16.9 Å². The maximum absolute atomic E-state index is 12.9. The minimum absolute atomic E-state index is 0.114. The largest absolute Gasteiger partial charge is 0.342 e. The number of hydrogen-bond acceptors (Lipinski definition) is 3. The van der Waals surface area contributed by atoms with Crippen LogP contribution in [0.5, 0.6) is 0 Å². The summed E-state index contributed by atoms with van der Waals surface area (Å²) in [5, 5.41) is 0. The third kappa shape index (κ3) is 3.68. The van der Waals surface area contributed by atoms with E-state index in [1.54, 1.807) is 11.3 Å². The summed E-state index contributed by atoms with van der Waals surface area (Å²) in [6, 6.07) is 2.09. The minimum atomic E-state index is 0.114. The standard InChI is InChI=1S/C21H30N2O2S/c1-15-7-11-23(12-8-15)20(24)16-5-6-18-17(13-16)14-19(26-18)21(25)22-9-3-2-4-10-22/h14-16H,2-13H2,1H3/t16-/m1/s1. The third-order valence-corrected chi connectivity index (χ3v) is 7.61. The Morgan fingerprint density at radius 1 is 1.00 bits per heavy atom. The second-order valence-electron chi connectivity index (χ2n) is 8.36. The normalized spacial score (nSPS) is 24.4. The molecule has 0 radical (unpaired) electrons. The predicted molar refractivity (Wildman–Crippen MR) is 105 cm³/mol. The molecule has 0 N–H and O–H groups in total.